The van der Waals surface area contributed by atoms with E-state index in [0.29, 0.717) is 12.2 Å². The van der Waals surface area contributed by atoms with Crippen molar-refractivity contribution in [2.45, 2.75) is 18.8 Å². The number of aromatic nitrogens is 4. The zero-order valence-electron chi connectivity index (χ0n) is 14.0. The summed E-state index contributed by atoms with van der Waals surface area (Å²) >= 11 is 0. The number of pyridine rings is 1. The van der Waals surface area contributed by atoms with Gasteiger partial charge in [0.05, 0.1) is 5.69 Å². The Bertz CT molecular complexity index is 875. The molecule has 126 valence electrons. The molecular weight excluding hydrogens is 314 g/mol. The molecule has 2 aromatic heterocycles. The van der Waals surface area contributed by atoms with Gasteiger partial charge in [0.25, 0.3) is 0 Å². The molecule has 0 N–H and O–H groups in total. The van der Waals surface area contributed by atoms with E-state index < -0.39 is 0 Å². The predicted molar refractivity (Wildman–Crippen MR) is 94.2 cm³/mol. The lowest BCUT2D eigenvalue weighted by atomic mass is 9.95. The molecule has 1 unspecified atom stereocenters. The van der Waals surface area contributed by atoms with E-state index in [1.165, 1.54) is 0 Å². The third-order valence-electron chi connectivity index (χ3n) is 4.60. The van der Waals surface area contributed by atoms with Crippen LogP contribution in [0.5, 0.6) is 0 Å². The van der Waals surface area contributed by atoms with Crippen LogP contribution in [0.3, 0.4) is 0 Å². The van der Waals surface area contributed by atoms with Crippen LogP contribution in [0.4, 0.5) is 0 Å². The molecule has 4 rings (SSSR count). The van der Waals surface area contributed by atoms with Crippen LogP contribution in [0.15, 0.2) is 54.9 Å². The van der Waals surface area contributed by atoms with Gasteiger partial charge in [-0.25, -0.2) is 9.67 Å². The standard InChI is InChI=1S/C19H19N5O/c1-23-12-9-15(13-17(23)25)19-21-18(14-7-10-20-11-8-14)22-24(19)16-5-3-2-4-6-16/h2-8,10-11,15H,9,12-13H2,1H3. The molecule has 6 heteroatoms. The minimum atomic E-state index is 0.0759. The molecule has 0 spiro atoms. The lowest BCUT2D eigenvalue weighted by molar-refractivity contribution is -0.132. The Kier molecular flexibility index (Phi) is 4.01. The summed E-state index contributed by atoms with van der Waals surface area (Å²) in [6.07, 6.45) is 4.83. The molecular formula is C19H19N5O. The maximum absolute atomic E-state index is 12.2. The first-order valence-corrected chi connectivity index (χ1v) is 8.39. The third-order valence-corrected chi connectivity index (χ3v) is 4.60. The van der Waals surface area contributed by atoms with Crippen molar-refractivity contribution in [3.63, 3.8) is 0 Å². The van der Waals surface area contributed by atoms with E-state index >= 15 is 0 Å². The van der Waals surface area contributed by atoms with Gasteiger partial charge in [0.15, 0.2) is 5.82 Å². The second-order valence-corrected chi connectivity index (χ2v) is 6.28. The third kappa shape index (κ3) is 3.03. The van der Waals surface area contributed by atoms with E-state index in [-0.39, 0.29) is 11.8 Å². The van der Waals surface area contributed by atoms with Gasteiger partial charge in [0.2, 0.25) is 5.91 Å². The number of para-hydroxylation sites is 1. The van der Waals surface area contributed by atoms with Crippen molar-refractivity contribution >= 4 is 5.91 Å². The Hall–Kier alpha value is -3.02. The van der Waals surface area contributed by atoms with Crippen LogP contribution in [0.2, 0.25) is 0 Å². The van der Waals surface area contributed by atoms with Gasteiger partial charge in [0, 0.05) is 43.9 Å². The highest BCUT2D eigenvalue weighted by Crippen LogP contribution is 2.30. The monoisotopic (exact) mass is 333 g/mol. The molecule has 3 heterocycles. The van der Waals surface area contributed by atoms with Crippen molar-refractivity contribution in [3.05, 3.63) is 60.7 Å². The summed E-state index contributed by atoms with van der Waals surface area (Å²) in [6.45, 7) is 0.746. The summed E-state index contributed by atoms with van der Waals surface area (Å²) in [5.41, 5.74) is 1.88. The predicted octanol–water partition coefficient (Wildman–Crippen LogP) is 2.67. The average molecular weight is 333 g/mol. The summed E-state index contributed by atoms with van der Waals surface area (Å²) < 4.78 is 1.87. The summed E-state index contributed by atoms with van der Waals surface area (Å²) in [7, 11) is 1.85. The molecule has 25 heavy (non-hydrogen) atoms. The fourth-order valence-electron chi connectivity index (χ4n) is 3.13. The molecule has 1 fully saturated rings. The highest BCUT2D eigenvalue weighted by Gasteiger charge is 2.29. The van der Waals surface area contributed by atoms with Gasteiger partial charge >= 0.3 is 0 Å². The summed E-state index contributed by atoms with van der Waals surface area (Å²) in [4.78, 5) is 22.8. The fraction of sp³-hybridized carbons (Fsp3) is 0.263. The van der Waals surface area contributed by atoms with E-state index in [9.17, 15) is 4.79 Å². The van der Waals surface area contributed by atoms with Crippen molar-refractivity contribution < 1.29 is 4.79 Å². The minimum absolute atomic E-state index is 0.0759. The maximum Gasteiger partial charge on any atom is 0.223 e. The number of rotatable bonds is 3. The number of piperidine rings is 1. The van der Waals surface area contributed by atoms with Crippen LogP contribution < -0.4 is 0 Å². The van der Waals surface area contributed by atoms with Gasteiger partial charge < -0.3 is 4.90 Å². The molecule has 1 aliphatic heterocycles. The van der Waals surface area contributed by atoms with Gasteiger partial charge in [0.1, 0.15) is 5.82 Å². The second-order valence-electron chi connectivity index (χ2n) is 6.28. The summed E-state index contributed by atoms with van der Waals surface area (Å²) in [5.74, 6) is 1.74. The number of nitrogens with zero attached hydrogens (tertiary/aromatic N) is 5. The molecule has 1 saturated heterocycles. The molecule has 1 aromatic carbocycles. The number of carbonyl (C=O) groups excluding carboxylic acids is 1. The topological polar surface area (TPSA) is 63.9 Å². The first kappa shape index (κ1) is 15.5. The number of likely N-dealkylation sites (tertiary alicyclic amines) is 1. The Morgan fingerprint density at radius 3 is 2.56 bits per heavy atom. The van der Waals surface area contributed by atoms with Crippen LogP contribution in [0, 0.1) is 0 Å². The van der Waals surface area contributed by atoms with Crippen molar-refractivity contribution in [1.29, 1.82) is 0 Å². The zero-order chi connectivity index (χ0) is 17.2. The Labute approximate surface area is 146 Å². The van der Waals surface area contributed by atoms with Crippen molar-refractivity contribution in [2.24, 2.45) is 0 Å². The molecule has 1 atom stereocenters. The molecule has 0 bridgehead atoms. The van der Waals surface area contributed by atoms with Crippen molar-refractivity contribution in [2.75, 3.05) is 13.6 Å². The van der Waals surface area contributed by atoms with E-state index in [2.05, 4.69) is 4.98 Å². The van der Waals surface area contributed by atoms with Crippen molar-refractivity contribution in [3.8, 4) is 17.1 Å². The average Bonchev–Trinajstić information content (AvgIpc) is 3.11. The Morgan fingerprint density at radius 1 is 1.08 bits per heavy atom. The maximum atomic E-state index is 12.2. The molecule has 3 aromatic rings. The molecule has 1 amide bonds. The fourth-order valence-corrected chi connectivity index (χ4v) is 3.13. The van der Waals surface area contributed by atoms with E-state index in [1.807, 2.05) is 54.2 Å². The minimum Gasteiger partial charge on any atom is -0.346 e. The molecule has 6 nitrogen and oxygen atoms in total. The molecule has 0 aliphatic carbocycles. The van der Waals surface area contributed by atoms with Gasteiger partial charge in [-0.3, -0.25) is 9.78 Å². The van der Waals surface area contributed by atoms with E-state index in [1.54, 1.807) is 17.3 Å². The Balaban J connectivity index is 1.79. The number of carbonyl (C=O) groups is 1. The highest BCUT2D eigenvalue weighted by molar-refractivity contribution is 5.77. The SMILES string of the molecule is CN1CCC(c2nc(-c3ccncc3)nn2-c2ccccc2)CC1=O. The van der Waals surface area contributed by atoms with Crippen LogP contribution in [-0.2, 0) is 4.79 Å². The van der Waals surface area contributed by atoms with Crippen LogP contribution in [0.25, 0.3) is 17.1 Å². The largest absolute Gasteiger partial charge is 0.346 e. The molecule has 0 radical (unpaired) electrons. The van der Waals surface area contributed by atoms with Crippen LogP contribution in [-0.4, -0.2) is 44.1 Å². The Morgan fingerprint density at radius 2 is 1.84 bits per heavy atom. The summed E-state index contributed by atoms with van der Waals surface area (Å²) in [5, 5.41) is 4.72. The van der Waals surface area contributed by atoms with Gasteiger partial charge in [-0.1, -0.05) is 18.2 Å². The van der Waals surface area contributed by atoms with Gasteiger partial charge in [-0.2, -0.15) is 0 Å². The highest BCUT2D eigenvalue weighted by atomic mass is 16.2. The van der Waals surface area contributed by atoms with Crippen LogP contribution in [0.1, 0.15) is 24.6 Å². The van der Waals surface area contributed by atoms with E-state index in [4.69, 9.17) is 10.1 Å². The number of hydrogen-bond acceptors (Lipinski definition) is 4. The number of amides is 1. The van der Waals surface area contributed by atoms with Gasteiger partial charge in [-0.05, 0) is 30.7 Å². The quantitative estimate of drug-likeness (QED) is 0.739. The summed E-state index contributed by atoms with van der Waals surface area (Å²) in [6, 6.07) is 13.7. The van der Waals surface area contributed by atoms with Gasteiger partial charge in [-0.15, -0.1) is 5.10 Å². The van der Waals surface area contributed by atoms with Crippen LogP contribution >= 0.6 is 0 Å². The molecule has 0 saturated carbocycles. The number of benzene rings is 1. The molecule has 1 aliphatic rings. The van der Waals surface area contributed by atoms with Crippen molar-refractivity contribution in [1.82, 2.24) is 24.6 Å². The second kappa shape index (κ2) is 6.47. The zero-order valence-corrected chi connectivity index (χ0v) is 14.0. The first-order valence-electron chi connectivity index (χ1n) is 8.39. The lowest BCUT2D eigenvalue weighted by Crippen LogP contribution is -2.35. The smallest absolute Gasteiger partial charge is 0.223 e. The van der Waals surface area contributed by atoms with E-state index in [0.717, 1.165) is 30.0 Å². The first-order chi connectivity index (χ1) is 12.2. The lowest BCUT2D eigenvalue weighted by Gasteiger charge is -2.28. The number of hydrogen-bond donors (Lipinski definition) is 0. The normalized spacial score (nSPS) is 17.7.